The van der Waals surface area contributed by atoms with E-state index in [1.807, 2.05) is 40.9 Å². The van der Waals surface area contributed by atoms with Gasteiger partial charge in [0.05, 0.1) is 14.2 Å². The van der Waals surface area contributed by atoms with Crippen LogP contribution in [0.5, 0.6) is 11.5 Å². The zero-order valence-corrected chi connectivity index (χ0v) is 18.8. The summed E-state index contributed by atoms with van der Waals surface area (Å²) in [7, 11) is 5.37. The molecule has 1 N–H and O–H groups in total. The molecule has 0 radical (unpaired) electrons. The van der Waals surface area contributed by atoms with Gasteiger partial charge in [0, 0.05) is 39.3 Å². The van der Waals surface area contributed by atoms with E-state index < -0.39 is 0 Å². The maximum Gasteiger partial charge on any atom is 0.193 e. The summed E-state index contributed by atoms with van der Waals surface area (Å²) in [6, 6.07) is 12.0. The smallest absolute Gasteiger partial charge is 0.193 e. The molecule has 3 rings (SSSR count). The van der Waals surface area contributed by atoms with E-state index >= 15 is 0 Å². The van der Waals surface area contributed by atoms with Crippen LogP contribution in [0.4, 0.5) is 0 Å². The van der Waals surface area contributed by atoms with Crippen molar-refractivity contribution in [1.82, 2.24) is 24.8 Å². The number of aromatic nitrogens is 3. The number of pyridine rings is 1. The Morgan fingerprint density at radius 3 is 2.71 bits per heavy atom. The molecule has 0 atom stereocenters. The average molecular weight is 425 g/mol. The standard InChI is InChI=1S/C23H32N6O2/c1-5-24-23(25-14-8-10-22-27-26-21-9-6-7-15-29(21)22)28(2)16-13-18-11-12-19(30-3)20(17-18)31-4/h6-7,9,11-12,15,17H,5,8,10,13-14,16H2,1-4H3,(H,24,25). The Morgan fingerprint density at radius 1 is 1.10 bits per heavy atom. The van der Waals surface area contributed by atoms with Gasteiger partial charge in [-0.3, -0.25) is 9.39 Å². The van der Waals surface area contributed by atoms with E-state index in [1.165, 1.54) is 5.56 Å². The van der Waals surface area contributed by atoms with Crippen molar-refractivity contribution in [2.75, 3.05) is 40.9 Å². The largest absolute Gasteiger partial charge is 0.493 e. The number of aliphatic imine (C=N–C) groups is 1. The fourth-order valence-corrected chi connectivity index (χ4v) is 3.39. The SMILES string of the molecule is CCNC(=NCCCc1nnc2ccccn12)N(C)CCc1ccc(OC)c(OC)c1. The molecular formula is C23H32N6O2. The molecule has 0 bridgehead atoms. The third-order valence-corrected chi connectivity index (χ3v) is 5.08. The lowest BCUT2D eigenvalue weighted by molar-refractivity contribution is 0.354. The molecular weight excluding hydrogens is 392 g/mol. The first kappa shape index (κ1) is 22.4. The molecule has 1 aromatic carbocycles. The summed E-state index contributed by atoms with van der Waals surface area (Å²) in [5.41, 5.74) is 2.07. The molecule has 0 aliphatic heterocycles. The van der Waals surface area contributed by atoms with Crippen molar-refractivity contribution in [3.63, 3.8) is 0 Å². The molecule has 8 heteroatoms. The fraction of sp³-hybridized carbons (Fsp3) is 0.435. The lowest BCUT2D eigenvalue weighted by atomic mass is 10.1. The van der Waals surface area contributed by atoms with Crippen LogP contribution in [0.25, 0.3) is 5.65 Å². The number of guanidine groups is 1. The van der Waals surface area contributed by atoms with Crippen LogP contribution in [0.15, 0.2) is 47.6 Å². The van der Waals surface area contributed by atoms with Crippen LogP contribution in [0.3, 0.4) is 0 Å². The predicted octanol–water partition coefficient (Wildman–Crippen LogP) is 2.82. The first-order valence-electron chi connectivity index (χ1n) is 10.6. The van der Waals surface area contributed by atoms with Crippen molar-refractivity contribution in [3.8, 4) is 11.5 Å². The monoisotopic (exact) mass is 424 g/mol. The Kier molecular flexibility index (Phi) is 8.09. The van der Waals surface area contributed by atoms with Crippen LogP contribution >= 0.6 is 0 Å². The molecule has 0 spiro atoms. The van der Waals surface area contributed by atoms with Crippen LogP contribution in [0.2, 0.25) is 0 Å². The highest BCUT2D eigenvalue weighted by Crippen LogP contribution is 2.27. The van der Waals surface area contributed by atoms with Gasteiger partial charge in [0.2, 0.25) is 0 Å². The number of hydrogen-bond donors (Lipinski definition) is 1. The first-order chi connectivity index (χ1) is 15.2. The van der Waals surface area contributed by atoms with E-state index in [-0.39, 0.29) is 0 Å². The number of methoxy groups -OCH3 is 2. The lowest BCUT2D eigenvalue weighted by Gasteiger charge is -2.22. The minimum Gasteiger partial charge on any atom is -0.493 e. The number of nitrogens with zero attached hydrogens (tertiary/aromatic N) is 5. The van der Waals surface area contributed by atoms with Gasteiger partial charge in [-0.2, -0.15) is 0 Å². The number of rotatable bonds is 10. The summed E-state index contributed by atoms with van der Waals surface area (Å²) < 4.78 is 12.8. The molecule has 8 nitrogen and oxygen atoms in total. The number of aryl methyl sites for hydroxylation is 1. The summed E-state index contributed by atoms with van der Waals surface area (Å²) in [5.74, 6) is 3.38. The third-order valence-electron chi connectivity index (χ3n) is 5.08. The van der Waals surface area contributed by atoms with Crippen molar-refractivity contribution < 1.29 is 9.47 Å². The van der Waals surface area contributed by atoms with Gasteiger partial charge in [0.25, 0.3) is 0 Å². The second-order valence-corrected chi connectivity index (χ2v) is 7.25. The second kappa shape index (κ2) is 11.2. The molecule has 0 aliphatic carbocycles. The van der Waals surface area contributed by atoms with Gasteiger partial charge in [0.1, 0.15) is 5.82 Å². The summed E-state index contributed by atoms with van der Waals surface area (Å²) in [6.45, 7) is 4.48. The van der Waals surface area contributed by atoms with Crippen molar-refractivity contribution >= 4 is 11.6 Å². The maximum absolute atomic E-state index is 5.41. The van der Waals surface area contributed by atoms with Crippen molar-refractivity contribution in [3.05, 3.63) is 54.0 Å². The molecule has 166 valence electrons. The van der Waals surface area contributed by atoms with Gasteiger partial charge >= 0.3 is 0 Å². The van der Waals surface area contributed by atoms with Crippen LogP contribution in [-0.4, -0.2) is 66.4 Å². The molecule has 0 unspecified atom stereocenters. The molecule has 2 heterocycles. The summed E-state index contributed by atoms with van der Waals surface area (Å²) in [6.07, 6.45) is 4.63. The predicted molar refractivity (Wildman–Crippen MR) is 123 cm³/mol. The molecule has 31 heavy (non-hydrogen) atoms. The van der Waals surface area contributed by atoms with Crippen LogP contribution in [0, 0.1) is 0 Å². The fourth-order valence-electron chi connectivity index (χ4n) is 3.39. The van der Waals surface area contributed by atoms with Gasteiger partial charge in [-0.15, -0.1) is 10.2 Å². The lowest BCUT2D eigenvalue weighted by Crippen LogP contribution is -2.40. The molecule has 0 amide bonds. The quantitative estimate of drug-likeness (QED) is 0.306. The van der Waals surface area contributed by atoms with Gasteiger partial charge < -0.3 is 19.7 Å². The summed E-state index contributed by atoms with van der Waals surface area (Å²) >= 11 is 0. The number of hydrogen-bond acceptors (Lipinski definition) is 5. The van der Waals surface area contributed by atoms with E-state index in [4.69, 9.17) is 14.5 Å². The zero-order chi connectivity index (χ0) is 22.1. The Labute approximate surface area is 183 Å². The minimum atomic E-state index is 0.727. The Hall–Kier alpha value is -3.29. The van der Waals surface area contributed by atoms with E-state index in [0.717, 1.165) is 67.8 Å². The van der Waals surface area contributed by atoms with Crippen molar-refractivity contribution in [1.29, 1.82) is 0 Å². The molecule has 2 aromatic heterocycles. The van der Waals surface area contributed by atoms with E-state index in [0.29, 0.717) is 0 Å². The van der Waals surface area contributed by atoms with Crippen molar-refractivity contribution in [2.24, 2.45) is 4.99 Å². The minimum absolute atomic E-state index is 0.727. The summed E-state index contributed by atoms with van der Waals surface area (Å²) in [5, 5.41) is 11.9. The third kappa shape index (κ3) is 5.87. The number of benzene rings is 1. The number of likely N-dealkylation sites (N-methyl/N-ethyl adjacent to an activating group) is 1. The van der Waals surface area contributed by atoms with Gasteiger partial charge in [0.15, 0.2) is 23.1 Å². The van der Waals surface area contributed by atoms with E-state index in [9.17, 15) is 0 Å². The normalized spacial score (nSPS) is 11.5. The highest BCUT2D eigenvalue weighted by molar-refractivity contribution is 5.79. The maximum atomic E-state index is 5.41. The van der Waals surface area contributed by atoms with Crippen LogP contribution in [-0.2, 0) is 12.8 Å². The average Bonchev–Trinajstić information content (AvgIpc) is 3.22. The highest BCUT2D eigenvalue weighted by Gasteiger charge is 2.09. The zero-order valence-electron chi connectivity index (χ0n) is 18.8. The molecule has 0 aliphatic rings. The van der Waals surface area contributed by atoms with Crippen LogP contribution in [0.1, 0.15) is 24.7 Å². The number of fused-ring (bicyclic) bond motifs is 1. The Balaban J connectivity index is 1.54. The van der Waals surface area contributed by atoms with Crippen molar-refractivity contribution in [2.45, 2.75) is 26.2 Å². The first-order valence-corrected chi connectivity index (χ1v) is 10.6. The topological polar surface area (TPSA) is 76.3 Å². The number of ether oxygens (including phenoxy) is 2. The molecule has 3 aromatic rings. The molecule has 0 fully saturated rings. The van der Waals surface area contributed by atoms with Gasteiger partial charge in [-0.25, -0.2) is 0 Å². The highest BCUT2D eigenvalue weighted by atomic mass is 16.5. The van der Waals surface area contributed by atoms with Gasteiger partial charge in [-0.1, -0.05) is 12.1 Å². The summed E-state index contributed by atoms with van der Waals surface area (Å²) in [4.78, 5) is 6.96. The molecule has 0 saturated carbocycles. The van der Waals surface area contributed by atoms with E-state index in [2.05, 4.69) is 40.5 Å². The van der Waals surface area contributed by atoms with Crippen LogP contribution < -0.4 is 14.8 Å². The van der Waals surface area contributed by atoms with E-state index in [1.54, 1.807) is 14.2 Å². The molecule has 0 saturated heterocycles. The Bertz CT molecular complexity index is 1000. The second-order valence-electron chi connectivity index (χ2n) is 7.25. The Morgan fingerprint density at radius 2 is 1.94 bits per heavy atom. The number of nitrogens with one attached hydrogen (secondary N) is 1. The van der Waals surface area contributed by atoms with Gasteiger partial charge in [-0.05, 0) is 49.6 Å².